The summed E-state index contributed by atoms with van der Waals surface area (Å²) in [6.45, 7) is 8.93. The molecule has 194 valence electrons. The van der Waals surface area contributed by atoms with E-state index in [0.29, 0.717) is 19.6 Å². The molecule has 0 spiro atoms. The van der Waals surface area contributed by atoms with E-state index >= 15 is 0 Å². The van der Waals surface area contributed by atoms with Crippen LogP contribution in [0.4, 0.5) is 5.69 Å². The van der Waals surface area contributed by atoms with Gasteiger partial charge in [-0.2, -0.15) is 0 Å². The topological polar surface area (TPSA) is 92.8 Å². The monoisotopic (exact) mass is 520 g/mol. The van der Waals surface area contributed by atoms with Crippen LogP contribution in [0.25, 0.3) is 0 Å². The summed E-state index contributed by atoms with van der Waals surface area (Å²) < 4.78 is 32.8. The number of sulfone groups is 1. The van der Waals surface area contributed by atoms with E-state index in [-0.39, 0.29) is 45.2 Å². The molecule has 1 heterocycles. The molecular weight excluding hydrogens is 488 g/mol. The van der Waals surface area contributed by atoms with E-state index in [4.69, 9.17) is 4.74 Å². The summed E-state index contributed by atoms with van der Waals surface area (Å²) in [6.07, 6.45) is 0.766. The van der Waals surface area contributed by atoms with Crippen LogP contribution in [0.1, 0.15) is 57.7 Å². The number of fused-ring (bicyclic) bond motifs is 2. The summed E-state index contributed by atoms with van der Waals surface area (Å²) in [7, 11) is -4.00. The van der Waals surface area contributed by atoms with Gasteiger partial charge in [-0.25, -0.2) is 8.42 Å². The number of nitrogens with one attached hydrogen (secondary N) is 1. The number of carbonyl (C=O) groups excluding carboxylic acids is 2. The molecule has 3 aromatic rings. The van der Waals surface area contributed by atoms with E-state index < -0.39 is 15.7 Å². The Morgan fingerprint density at radius 1 is 1.00 bits per heavy atom. The standard InChI is InChI=1S/C29H32N2O5S/c1-19(2)36-15-7-14-30-28(32)22-12-13-27-25(17-22)31(18-23-16-20(3)10-11-21(23)4)29(33)24-8-5-6-9-26(24)37(27,34)35/h5-6,8-13,16-17,19H,7,14-15,18H2,1-4H3,(H,30,32). The summed E-state index contributed by atoms with van der Waals surface area (Å²) in [5.74, 6) is -0.770. The Hall–Kier alpha value is -3.49. The van der Waals surface area contributed by atoms with Gasteiger partial charge in [0.1, 0.15) is 0 Å². The first-order valence-electron chi connectivity index (χ1n) is 12.4. The van der Waals surface area contributed by atoms with Crippen molar-refractivity contribution in [2.24, 2.45) is 0 Å². The van der Waals surface area contributed by atoms with Gasteiger partial charge in [0, 0.05) is 18.7 Å². The van der Waals surface area contributed by atoms with E-state index in [0.717, 1.165) is 16.7 Å². The lowest BCUT2D eigenvalue weighted by molar-refractivity contribution is 0.0757. The molecule has 2 amide bonds. The van der Waals surface area contributed by atoms with Crippen molar-refractivity contribution in [1.29, 1.82) is 0 Å². The minimum Gasteiger partial charge on any atom is -0.379 e. The maximum atomic E-state index is 13.8. The molecule has 37 heavy (non-hydrogen) atoms. The number of anilines is 1. The molecule has 1 N–H and O–H groups in total. The fraction of sp³-hybridized carbons (Fsp3) is 0.310. The number of rotatable bonds is 8. The fourth-order valence-corrected chi connectivity index (χ4v) is 5.97. The maximum Gasteiger partial charge on any atom is 0.259 e. The van der Waals surface area contributed by atoms with Gasteiger partial charge in [-0.3, -0.25) is 9.59 Å². The van der Waals surface area contributed by atoms with Gasteiger partial charge in [-0.05, 0) is 75.6 Å². The van der Waals surface area contributed by atoms with Crippen LogP contribution in [-0.2, 0) is 21.1 Å². The van der Waals surface area contributed by atoms with E-state index in [9.17, 15) is 18.0 Å². The molecule has 0 unspecified atom stereocenters. The Labute approximate surface area is 218 Å². The van der Waals surface area contributed by atoms with Crippen molar-refractivity contribution >= 4 is 27.3 Å². The molecule has 0 bridgehead atoms. The van der Waals surface area contributed by atoms with Crippen molar-refractivity contribution in [2.45, 2.75) is 56.6 Å². The van der Waals surface area contributed by atoms with Crippen molar-refractivity contribution < 1.29 is 22.7 Å². The number of carbonyl (C=O) groups is 2. The highest BCUT2D eigenvalue weighted by molar-refractivity contribution is 7.91. The normalized spacial score (nSPS) is 14.2. The molecule has 0 fully saturated rings. The van der Waals surface area contributed by atoms with Crippen LogP contribution in [0.5, 0.6) is 0 Å². The number of hydrogen-bond donors (Lipinski definition) is 1. The van der Waals surface area contributed by atoms with Crippen molar-refractivity contribution in [3.8, 4) is 0 Å². The molecule has 0 radical (unpaired) electrons. The van der Waals surface area contributed by atoms with E-state index in [2.05, 4.69) is 5.32 Å². The van der Waals surface area contributed by atoms with Gasteiger partial charge in [0.2, 0.25) is 9.84 Å². The second kappa shape index (κ2) is 10.9. The third kappa shape index (κ3) is 5.60. The SMILES string of the molecule is Cc1ccc(C)c(CN2C(=O)c3ccccc3S(=O)(=O)c3ccc(C(=O)NCCCOC(C)C)cc32)c1. The highest BCUT2D eigenvalue weighted by Gasteiger charge is 2.36. The van der Waals surface area contributed by atoms with Gasteiger partial charge < -0.3 is 15.0 Å². The van der Waals surface area contributed by atoms with E-state index in [1.54, 1.807) is 12.1 Å². The van der Waals surface area contributed by atoms with E-state index in [1.807, 2.05) is 45.9 Å². The summed E-state index contributed by atoms with van der Waals surface area (Å²) in [5, 5.41) is 2.85. The molecule has 1 aliphatic heterocycles. The van der Waals surface area contributed by atoms with Gasteiger partial charge >= 0.3 is 0 Å². The Morgan fingerprint density at radius 2 is 1.76 bits per heavy atom. The Balaban J connectivity index is 1.75. The molecule has 3 aromatic carbocycles. The highest BCUT2D eigenvalue weighted by atomic mass is 32.2. The van der Waals surface area contributed by atoms with Crippen LogP contribution in [0.3, 0.4) is 0 Å². The van der Waals surface area contributed by atoms with Gasteiger partial charge in [0.25, 0.3) is 11.8 Å². The summed E-state index contributed by atoms with van der Waals surface area (Å²) >= 11 is 0. The molecule has 0 saturated carbocycles. The first-order chi connectivity index (χ1) is 17.6. The number of nitrogens with zero attached hydrogens (tertiary/aromatic N) is 1. The Kier molecular flexibility index (Phi) is 7.80. The molecule has 8 heteroatoms. The van der Waals surface area contributed by atoms with Crippen LogP contribution in [0.2, 0.25) is 0 Å². The van der Waals surface area contributed by atoms with Crippen molar-refractivity contribution in [3.05, 3.63) is 88.5 Å². The first kappa shape index (κ1) is 26.6. The molecule has 0 atom stereocenters. The van der Waals surface area contributed by atoms with Crippen LogP contribution in [0, 0.1) is 13.8 Å². The average molecular weight is 521 g/mol. The number of amides is 2. The van der Waals surface area contributed by atoms with Gasteiger partial charge in [-0.1, -0.05) is 35.9 Å². The average Bonchev–Trinajstić information content (AvgIpc) is 2.93. The zero-order chi connectivity index (χ0) is 26.7. The van der Waals surface area contributed by atoms with Crippen LogP contribution in [-0.4, -0.2) is 39.5 Å². The Morgan fingerprint density at radius 3 is 2.51 bits per heavy atom. The van der Waals surface area contributed by atoms with Crippen LogP contribution in [0.15, 0.2) is 70.5 Å². The number of ether oxygens (including phenoxy) is 1. The number of benzene rings is 3. The third-order valence-corrected chi connectivity index (χ3v) is 8.20. The van der Waals surface area contributed by atoms with Gasteiger partial charge in [0.05, 0.1) is 33.7 Å². The lowest BCUT2D eigenvalue weighted by atomic mass is 10.0. The lowest BCUT2D eigenvalue weighted by Gasteiger charge is -2.24. The minimum absolute atomic E-state index is 0.00186. The number of aryl methyl sites for hydroxylation is 2. The second-order valence-corrected chi connectivity index (χ2v) is 11.4. The zero-order valence-corrected chi connectivity index (χ0v) is 22.4. The molecule has 0 aliphatic carbocycles. The third-order valence-electron chi connectivity index (χ3n) is 6.34. The van der Waals surface area contributed by atoms with E-state index in [1.165, 1.54) is 35.2 Å². The molecule has 0 saturated heterocycles. The van der Waals surface area contributed by atoms with Crippen molar-refractivity contribution in [2.75, 3.05) is 18.1 Å². The fourth-order valence-electron chi connectivity index (χ4n) is 4.34. The summed E-state index contributed by atoms with van der Waals surface area (Å²) in [6, 6.07) is 16.6. The Bertz CT molecular complexity index is 1450. The van der Waals surface area contributed by atoms with Crippen LogP contribution >= 0.6 is 0 Å². The largest absolute Gasteiger partial charge is 0.379 e. The predicted octanol–water partition coefficient (Wildman–Crippen LogP) is 4.84. The quantitative estimate of drug-likeness (QED) is 0.429. The minimum atomic E-state index is -4.00. The molecule has 7 nitrogen and oxygen atoms in total. The molecular formula is C29H32N2O5S. The summed E-state index contributed by atoms with van der Waals surface area (Å²) in [4.78, 5) is 28.2. The zero-order valence-electron chi connectivity index (χ0n) is 21.6. The predicted molar refractivity (Wildman–Crippen MR) is 143 cm³/mol. The lowest BCUT2D eigenvalue weighted by Crippen LogP contribution is -2.31. The molecule has 0 aromatic heterocycles. The van der Waals surface area contributed by atoms with Gasteiger partial charge in [0.15, 0.2) is 0 Å². The summed E-state index contributed by atoms with van der Waals surface area (Å²) in [5.41, 5.74) is 3.50. The number of hydrogen-bond acceptors (Lipinski definition) is 5. The highest BCUT2D eigenvalue weighted by Crippen LogP contribution is 2.38. The van der Waals surface area contributed by atoms with Crippen LogP contribution < -0.4 is 10.2 Å². The second-order valence-electron chi connectivity index (χ2n) is 9.53. The maximum absolute atomic E-state index is 13.8. The molecule has 4 rings (SSSR count). The van der Waals surface area contributed by atoms with Gasteiger partial charge in [-0.15, -0.1) is 0 Å². The first-order valence-corrected chi connectivity index (χ1v) is 13.8. The smallest absolute Gasteiger partial charge is 0.259 e. The molecule has 1 aliphatic rings. The van der Waals surface area contributed by atoms with Crippen molar-refractivity contribution in [1.82, 2.24) is 5.32 Å². The van der Waals surface area contributed by atoms with Crippen molar-refractivity contribution in [3.63, 3.8) is 0 Å².